The monoisotopic (exact) mass is 225 g/mol. The first-order valence-electron chi connectivity index (χ1n) is 4.98. The molecule has 0 fully saturated rings. The number of nitrogens with zero attached hydrogens (tertiary/aromatic N) is 1. The molecular formula is C11H19N3O2. The fourth-order valence-corrected chi connectivity index (χ4v) is 1.57. The Kier molecular flexibility index (Phi) is 4.54. The number of nitrogens with two attached hydrogens (primary N) is 1. The summed E-state index contributed by atoms with van der Waals surface area (Å²) < 4.78 is 10.5. The summed E-state index contributed by atoms with van der Waals surface area (Å²) in [4.78, 5) is 1.96. The van der Waals surface area contributed by atoms with Gasteiger partial charge in [0.1, 0.15) is 17.7 Å². The molecule has 1 atom stereocenters. The van der Waals surface area contributed by atoms with Gasteiger partial charge in [-0.15, -0.1) is 0 Å². The van der Waals surface area contributed by atoms with Crippen LogP contribution in [-0.2, 0) is 0 Å². The second-order valence-corrected chi connectivity index (χ2v) is 3.64. The summed E-state index contributed by atoms with van der Waals surface area (Å²) in [5.41, 5.74) is 3.67. The molecule has 1 aromatic carbocycles. The van der Waals surface area contributed by atoms with Crippen molar-refractivity contribution in [1.29, 1.82) is 0 Å². The maximum Gasteiger partial charge on any atom is 0.125 e. The van der Waals surface area contributed by atoms with Crippen molar-refractivity contribution in [3.8, 4) is 11.5 Å². The summed E-state index contributed by atoms with van der Waals surface area (Å²) in [6, 6.07) is 5.62. The van der Waals surface area contributed by atoms with Crippen LogP contribution in [0.5, 0.6) is 11.5 Å². The van der Waals surface area contributed by atoms with Crippen molar-refractivity contribution >= 4 is 0 Å². The number of benzene rings is 1. The van der Waals surface area contributed by atoms with Gasteiger partial charge in [0.2, 0.25) is 0 Å². The van der Waals surface area contributed by atoms with Gasteiger partial charge >= 0.3 is 0 Å². The summed E-state index contributed by atoms with van der Waals surface area (Å²) in [6.07, 6.45) is -0.120. The molecule has 3 N–H and O–H groups in total. The van der Waals surface area contributed by atoms with Crippen LogP contribution >= 0.6 is 0 Å². The molecule has 0 heterocycles. The molecule has 0 aromatic heterocycles. The largest absolute Gasteiger partial charge is 0.497 e. The van der Waals surface area contributed by atoms with Crippen LogP contribution in [0.2, 0.25) is 0 Å². The molecule has 90 valence electrons. The molecule has 0 saturated heterocycles. The van der Waals surface area contributed by atoms with Crippen LogP contribution in [-0.4, -0.2) is 33.2 Å². The van der Waals surface area contributed by atoms with E-state index < -0.39 is 0 Å². The van der Waals surface area contributed by atoms with Gasteiger partial charge in [0.05, 0.1) is 14.2 Å². The maximum atomic E-state index is 5.53. The molecule has 0 saturated carbocycles. The van der Waals surface area contributed by atoms with Crippen molar-refractivity contribution in [2.24, 2.45) is 5.84 Å². The Labute approximate surface area is 96.1 Å². The molecule has 0 aliphatic carbocycles. The number of ether oxygens (including phenoxy) is 2. The van der Waals surface area contributed by atoms with Crippen LogP contribution in [0.4, 0.5) is 0 Å². The van der Waals surface area contributed by atoms with E-state index in [4.69, 9.17) is 15.3 Å². The van der Waals surface area contributed by atoms with Crippen molar-refractivity contribution in [2.75, 3.05) is 28.3 Å². The molecule has 0 bridgehead atoms. The third-order valence-corrected chi connectivity index (χ3v) is 2.41. The summed E-state index contributed by atoms with van der Waals surface area (Å²) in [6.45, 7) is 0. The van der Waals surface area contributed by atoms with Gasteiger partial charge < -0.3 is 9.47 Å². The van der Waals surface area contributed by atoms with Gasteiger partial charge in [-0.1, -0.05) is 0 Å². The first-order chi connectivity index (χ1) is 7.63. The van der Waals surface area contributed by atoms with Crippen LogP contribution in [0.15, 0.2) is 18.2 Å². The van der Waals surface area contributed by atoms with Crippen LogP contribution in [0.1, 0.15) is 11.7 Å². The Balaban J connectivity index is 3.15. The zero-order valence-corrected chi connectivity index (χ0v) is 10.2. The van der Waals surface area contributed by atoms with Crippen molar-refractivity contribution < 1.29 is 9.47 Å². The SMILES string of the molecule is COc1ccc(OC)c(C(NN)N(C)C)c1. The Hall–Kier alpha value is -1.30. The Bertz CT molecular complexity index is 342. The topological polar surface area (TPSA) is 59.8 Å². The first kappa shape index (κ1) is 12.8. The van der Waals surface area contributed by atoms with E-state index in [-0.39, 0.29) is 6.17 Å². The fraction of sp³-hybridized carbons (Fsp3) is 0.455. The highest BCUT2D eigenvalue weighted by Crippen LogP contribution is 2.29. The molecule has 1 unspecified atom stereocenters. The Morgan fingerprint density at radius 1 is 1.25 bits per heavy atom. The molecule has 0 spiro atoms. The maximum absolute atomic E-state index is 5.53. The van der Waals surface area contributed by atoms with E-state index in [9.17, 15) is 0 Å². The molecule has 1 rings (SSSR count). The van der Waals surface area contributed by atoms with Gasteiger partial charge in [-0.2, -0.15) is 0 Å². The van der Waals surface area contributed by atoms with Crippen LogP contribution in [0.25, 0.3) is 0 Å². The van der Waals surface area contributed by atoms with E-state index >= 15 is 0 Å². The molecule has 5 nitrogen and oxygen atoms in total. The number of methoxy groups -OCH3 is 2. The standard InChI is InChI=1S/C11H19N3O2/c1-14(2)11(13-12)9-7-8(15-3)5-6-10(9)16-4/h5-7,11,13H,12H2,1-4H3. The van der Waals surface area contributed by atoms with E-state index in [1.54, 1.807) is 14.2 Å². The normalized spacial score (nSPS) is 12.6. The average molecular weight is 225 g/mol. The van der Waals surface area contributed by atoms with Gasteiger partial charge in [0.25, 0.3) is 0 Å². The van der Waals surface area contributed by atoms with Crippen molar-refractivity contribution in [3.05, 3.63) is 23.8 Å². The summed E-state index contributed by atoms with van der Waals surface area (Å²) >= 11 is 0. The van der Waals surface area contributed by atoms with Crippen molar-refractivity contribution in [2.45, 2.75) is 6.17 Å². The first-order valence-corrected chi connectivity index (χ1v) is 4.98. The van der Waals surface area contributed by atoms with Crippen LogP contribution < -0.4 is 20.7 Å². The summed E-state index contributed by atoms with van der Waals surface area (Å²) in [7, 11) is 7.13. The number of nitrogens with one attached hydrogen (secondary N) is 1. The minimum atomic E-state index is -0.120. The zero-order valence-electron chi connectivity index (χ0n) is 10.2. The molecule has 0 aliphatic heterocycles. The predicted molar refractivity (Wildman–Crippen MR) is 63.3 cm³/mol. The lowest BCUT2D eigenvalue weighted by Gasteiger charge is -2.25. The second-order valence-electron chi connectivity index (χ2n) is 3.64. The van der Waals surface area contributed by atoms with E-state index in [2.05, 4.69) is 5.43 Å². The molecule has 0 radical (unpaired) electrons. The summed E-state index contributed by atoms with van der Waals surface area (Å²) in [5, 5.41) is 0. The van der Waals surface area contributed by atoms with E-state index in [1.807, 2.05) is 37.2 Å². The Morgan fingerprint density at radius 2 is 1.94 bits per heavy atom. The lowest BCUT2D eigenvalue weighted by atomic mass is 10.1. The van der Waals surface area contributed by atoms with Crippen molar-refractivity contribution in [3.63, 3.8) is 0 Å². The predicted octanol–water partition coefficient (Wildman–Crippen LogP) is 0.727. The molecule has 16 heavy (non-hydrogen) atoms. The minimum absolute atomic E-state index is 0.120. The van der Waals surface area contributed by atoms with Gasteiger partial charge in [-0.05, 0) is 32.3 Å². The van der Waals surface area contributed by atoms with Crippen molar-refractivity contribution in [1.82, 2.24) is 10.3 Å². The van der Waals surface area contributed by atoms with Gasteiger partial charge in [0, 0.05) is 5.56 Å². The van der Waals surface area contributed by atoms with Gasteiger partial charge in [-0.3, -0.25) is 10.7 Å². The van der Waals surface area contributed by atoms with Crippen LogP contribution in [0, 0.1) is 0 Å². The molecule has 1 aromatic rings. The third-order valence-electron chi connectivity index (χ3n) is 2.41. The van der Waals surface area contributed by atoms with Crippen LogP contribution in [0.3, 0.4) is 0 Å². The fourth-order valence-electron chi connectivity index (χ4n) is 1.57. The highest BCUT2D eigenvalue weighted by atomic mass is 16.5. The van der Waals surface area contributed by atoms with E-state index in [1.165, 1.54) is 0 Å². The zero-order chi connectivity index (χ0) is 12.1. The Morgan fingerprint density at radius 3 is 2.38 bits per heavy atom. The quantitative estimate of drug-likeness (QED) is 0.439. The van der Waals surface area contributed by atoms with Gasteiger partial charge in [0.15, 0.2) is 0 Å². The molecule has 5 heteroatoms. The lowest BCUT2D eigenvalue weighted by Crippen LogP contribution is -2.37. The van der Waals surface area contributed by atoms with E-state index in [0.717, 1.165) is 17.1 Å². The summed E-state index contributed by atoms with van der Waals surface area (Å²) in [5.74, 6) is 7.08. The average Bonchev–Trinajstić information content (AvgIpc) is 2.29. The van der Waals surface area contributed by atoms with Gasteiger partial charge in [-0.25, -0.2) is 5.43 Å². The number of hydrazine groups is 1. The number of hydrogen-bond donors (Lipinski definition) is 2. The highest BCUT2D eigenvalue weighted by Gasteiger charge is 2.17. The number of rotatable bonds is 5. The smallest absolute Gasteiger partial charge is 0.125 e. The highest BCUT2D eigenvalue weighted by molar-refractivity contribution is 5.42. The lowest BCUT2D eigenvalue weighted by molar-refractivity contribution is 0.244. The third kappa shape index (κ3) is 2.63. The molecule has 0 aliphatic rings. The minimum Gasteiger partial charge on any atom is -0.497 e. The van der Waals surface area contributed by atoms with E-state index in [0.29, 0.717) is 0 Å². The molecule has 0 amide bonds. The second kappa shape index (κ2) is 5.69. The number of hydrogen-bond acceptors (Lipinski definition) is 5. The molecular weight excluding hydrogens is 206 g/mol.